The summed E-state index contributed by atoms with van der Waals surface area (Å²) in [5.74, 6) is -1.29. The van der Waals surface area contributed by atoms with Crippen molar-refractivity contribution >= 4 is 27.8 Å². The number of nitriles is 1. The number of carbonyl (C=O) groups excluding carboxylic acids is 1. The molecule has 0 bridgehead atoms. The average Bonchev–Trinajstić information content (AvgIpc) is 3.17. The molecule has 1 aromatic heterocycles. The average molecular weight is 457 g/mol. The second kappa shape index (κ2) is 8.56. The number of alkyl halides is 3. The van der Waals surface area contributed by atoms with Gasteiger partial charge in [-0.3, -0.25) is 4.79 Å². The number of oxazole rings is 1. The zero-order chi connectivity index (χ0) is 22.8. The van der Waals surface area contributed by atoms with Crippen molar-refractivity contribution in [2.24, 2.45) is 5.92 Å². The Balaban J connectivity index is 1.68. The molecule has 1 fully saturated rings. The number of nitrogens with zero attached hydrogens (tertiary/aromatic N) is 3. The van der Waals surface area contributed by atoms with E-state index in [0.29, 0.717) is 18.4 Å². The van der Waals surface area contributed by atoms with Crippen molar-refractivity contribution in [1.82, 2.24) is 14.0 Å². The highest BCUT2D eigenvalue weighted by atomic mass is 32.2. The van der Waals surface area contributed by atoms with Crippen LogP contribution in [0.2, 0.25) is 0 Å². The van der Waals surface area contributed by atoms with Crippen LogP contribution in [0, 0.1) is 24.2 Å². The molecule has 166 valence electrons. The number of benzene rings is 1. The van der Waals surface area contributed by atoms with E-state index in [0.717, 1.165) is 22.7 Å². The lowest BCUT2D eigenvalue weighted by molar-refractivity contribution is -0.137. The van der Waals surface area contributed by atoms with Gasteiger partial charge < -0.3 is 9.73 Å². The molecular weight excluding hydrogens is 439 g/mol. The van der Waals surface area contributed by atoms with Crippen LogP contribution in [-0.4, -0.2) is 36.7 Å². The largest absolute Gasteiger partial charge is 0.431 e. The standard InChI is InChI=1S/C18H18F3N5O4S/c1-11-2-3-13(18(19,20)21)8-14(11)23-17-24-15(10-30-17)16(27)25-31(28,29)26-6-4-12(9-22)5-7-26/h2-3,8,10,12H,4-7H2,1H3,(H,23,24)(H,25,27). The maximum atomic E-state index is 12.9. The lowest BCUT2D eigenvalue weighted by Gasteiger charge is -2.27. The topological polar surface area (TPSA) is 128 Å². The number of hydrogen-bond acceptors (Lipinski definition) is 7. The van der Waals surface area contributed by atoms with Gasteiger partial charge in [0.2, 0.25) is 0 Å². The van der Waals surface area contributed by atoms with Crippen LogP contribution in [0.1, 0.15) is 34.5 Å². The van der Waals surface area contributed by atoms with E-state index in [1.165, 1.54) is 6.07 Å². The Morgan fingerprint density at radius 3 is 2.61 bits per heavy atom. The number of amides is 1. The number of anilines is 2. The number of rotatable bonds is 5. The maximum absolute atomic E-state index is 12.9. The summed E-state index contributed by atoms with van der Waals surface area (Å²) >= 11 is 0. The van der Waals surface area contributed by atoms with Gasteiger partial charge in [-0.25, -0.2) is 4.72 Å². The lowest BCUT2D eigenvalue weighted by atomic mass is 10.0. The van der Waals surface area contributed by atoms with Crippen LogP contribution in [0.3, 0.4) is 0 Å². The minimum atomic E-state index is -4.54. The van der Waals surface area contributed by atoms with Gasteiger partial charge in [0.25, 0.3) is 11.9 Å². The molecule has 0 atom stereocenters. The van der Waals surface area contributed by atoms with Crippen molar-refractivity contribution in [3.63, 3.8) is 0 Å². The van der Waals surface area contributed by atoms with Gasteiger partial charge in [0.1, 0.15) is 6.26 Å². The van der Waals surface area contributed by atoms with Crippen molar-refractivity contribution < 1.29 is 30.8 Å². The van der Waals surface area contributed by atoms with Gasteiger partial charge in [0, 0.05) is 24.7 Å². The summed E-state index contributed by atoms with van der Waals surface area (Å²) in [6.07, 6.45) is -2.93. The third-order valence-corrected chi connectivity index (χ3v) is 6.23. The van der Waals surface area contributed by atoms with Crippen molar-refractivity contribution in [2.45, 2.75) is 25.9 Å². The highest BCUT2D eigenvalue weighted by Gasteiger charge is 2.32. The van der Waals surface area contributed by atoms with E-state index in [-0.39, 0.29) is 36.4 Å². The Morgan fingerprint density at radius 1 is 1.32 bits per heavy atom. The fourth-order valence-corrected chi connectivity index (χ4v) is 4.10. The monoisotopic (exact) mass is 457 g/mol. The van der Waals surface area contributed by atoms with E-state index in [2.05, 4.69) is 16.4 Å². The molecule has 2 aromatic rings. The zero-order valence-corrected chi connectivity index (χ0v) is 17.0. The molecule has 13 heteroatoms. The van der Waals surface area contributed by atoms with E-state index >= 15 is 0 Å². The number of aromatic nitrogens is 1. The Labute approximate surface area is 176 Å². The summed E-state index contributed by atoms with van der Waals surface area (Å²) in [6.45, 7) is 1.77. The van der Waals surface area contributed by atoms with Gasteiger partial charge in [0.15, 0.2) is 5.69 Å². The van der Waals surface area contributed by atoms with Crippen LogP contribution in [-0.2, 0) is 16.4 Å². The summed E-state index contributed by atoms with van der Waals surface area (Å²) in [6, 6.07) is 4.87. The van der Waals surface area contributed by atoms with Crippen molar-refractivity contribution in [2.75, 3.05) is 18.4 Å². The number of piperidine rings is 1. The summed E-state index contributed by atoms with van der Waals surface area (Å²) in [5.41, 5.74) is -0.712. The molecule has 1 amide bonds. The third-order valence-electron chi connectivity index (χ3n) is 4.74. The Morgan fingerprint density at radius 2 is 2.00 bits per heavy atom. The van der Waals surface area contributed by atoms with E-state index in [4.69, 9.17) is 9.68 Å². The Kier molecular flexibility index (Phi) is 6.23. The van der Waals surface area contributed by atoms with Gasteiger partial charge in [0.05, 0.1) is 11.6 Å². The first-order valence-corrected chi connectivity index (χ1v) is 10.6. The molecule has 31 heavy (non-hydrogen) atoms. The van der Waals surface area contributed by atoms with Gasteiger partial charge in [-0.1, -0.05) is 6.07 Å². The quantitative estimate of drug-likeness (QED) is 0.706. The van der Waals surface area contributed by atoms with Crippen LogP contribution in [0.4, 0.5) is 24.9 Å². The summed E-state index contributed by atoms with van der Waals surface area (Å²) in [7, 11) is -4.14. The molecule has 1 aliphatic heterocycles. The van der Waals surface area contributed by atoms with Crippen LogP contribution in [0.25, 0.3) is 0 Å². The van der Waals surface area contributed by atoms with Gasteiger partial charge >= 0.3 is 16.4 Å². The molecular formula is C18H18F3N5O4S. The summed E-state index contributed by atoms with van der Waals surface area (Å²) < 4.78 is 71.4. The second-order valence-electron chi connectivity index (χ2n) is 6.93. The smallest absolute Gasteiger partial charge is 0.416 e. The molecule has 0 radical (unpaired) electrons. The number of nitrogens with one attached hydrogen (secondary N) is 2. The van der Waals surface area contributed by atoms with Crippen LogP contribution < -0.4 is 10.0 Å². The fourth-order valence-electron chi connectivity index (χ4n) is 2.94. The number of carbonyl (C=O) groups is 1. The van der Waals surface area contributed by atoms with Gasteiger partial charge in [-0.05, 0) is 37.5 Å². The molecule has 0 aliphatic carbocycles. The first kappa shape index (κ1) is 22.6. The minimum absolute atomic E-state index is 0.0663. The van der Waals surface area contributed by atoms with E-state index in [1.54, 1.807) is 6.92 Å². The van der Waals surface area contributed by atoms with Gasteiger partial charge in [-0.15, -0.1) is 0 Å². The summed E-state index contributed by atoms with van der Waals surface area (Å²) in [4.78, 5) is 16.1. The number of hydrogen-bond donors (Lipinski definition) is 2. The fraction of sp³-hybridized carbons (Fsp3) is 0.389. The molecule has 2 N–H and O–H groups in total. The van der Waals surface area contributed by atoms with Crippen LogP contribution in [0.5, 0.6) is 0 Å². The molecule has 0 saturated carbocycles. The predicted molar refractivity (Wildman–Crippen MR) is 102 cm³/mol. The molecule has 0 spiro atoms. The molecule has 1 aliphatic rings. The molecule has 9 nitrogen and oxygen atoms in total. The molecule has 0 unspecified atom stereocenters. The molecule has 1 aromatic carbocycles. The lowest BCUT2D eigenvalue weighted by Crippen LogP contribution is -2.46. The van der Waals surface area contributed by atoms with Crippen molar-refractivity contribution in [3.05, 3.63) is 41.3 Å². The number of aryl methyl sites for hydroxylation is 1. The molecule has 1 saturated heterocycles. The summed E-state index contributed by atoms with van der Waals surface area (Å²) in [5, 5.41) is 11.4. The molecule has 2 heterocycles. The zero-order valence-electron chi connectivity index (χ0n) is 16.2. The van der Waals surface area contributed by atoms with Crippen LogP contribution >= 0.6 is 0 Å². The maximum Gasteiger partial charge on any atom is 0.416 e. The first-order chi connectivity index (χ1) is 14.5. The van der Waals surface area contributed by atoms with Crippen molar-refractivity contribution in [1.29, 1.82) is 5.26 Å². The van der Waals surface area contributed by atoms with Gasteiger partial charge in [-0.2, -0.15) is 36.1 Å². The van der Waals surface area contributed by atoms with E-state index in [9.17, 15) is 26.4 Å². The first-order valence-electron chi connectivity index (χ1n) is 9.12. The Hall–Kier alpha value is -3.11. The van der Waals surface area contributed by atoms with E-state index in [1.807, 2.05) is 4.72 Å². The number of halogens is 3. The second-order valence-corrected chi connectivity index (χ2v) is 8.60. The van der Waals surface area contributed by atoms with Crippen LogP contribution in [0.15, 0.2) is 28.9 Å². The molecule has 3 rings (SSSR count). The SMILES string of the molecule is Cc1ccc(C(F)(F)F)cc1Nc1nc(C(=O)NS(=O)(=O)N2CCC(C#N)CC2)co1. The highest BCUT2D eigenvalue weighted by molar-refractivity contribution is 7.87. The highest BCUT2D eigenvalue weighted by Crippen LogP contribution is 2.33. The van der Waals surface area contributed by atoms with Crippen molar-refractivity contribution in [3.8, 4) is 6.07 Å². The van der Waals surface area contributed by atoms with E-state index < -0.39 is 27.9 Å². The Bertz CT molecular complexity index is 1120. The third kappa shape index (κ3) is 5.33. The predicted octanol–water partition coefficient (Wildman–Crippen LogP) is 2.96. The normalized spacial score (nSPS) is 16.0. The minimum Gasteiger partial charge on any atom is -0.431 e.